The average Bonchev–Trinajstić information content (AvgIpc) is 3.22. The highest BCUT2D eigenvalue weighted by Crippen LogP contribution is 2.60. The Morgan fingerprint density at radius 1 is 1.42 bits per heavy atom. The molecule has 3 atom stereocenters. The molecule has 1 fully saturated rings. The minimum atomic E-state index is -0.895. The molecule has 0 bridgehead atoms. The Labute approximate surface area is 142 Å². The van der Waals surface area contributed by atoms with E-state index >= 15 is 0 Å². The minimum Gasteiger partial charge on any atom is -0.493 e. The summed E-state index contributed by atoms with van der Waals surface area (Å²) >= 11 is 0. The van der Waals surface area contributed by atoms with Gasteiger partial charge in [-0.05, 0) is 31.7 Å². The van der Waals surface area contributed by atoms with Crippen LogP contribution in [0, 0.1) is 11.8 Å². The fraction of sp³-hybridized carbons (Fsp3) is 0.579. The van der Waals surface area contributed by atoms with Crippen LogP contribution in [0.15, 0.2) is 24.3 Å². The number of amides is 1. The van der Waals surface area contributed by atoms with Crippen LogP contribution in [0.3, 0.4) is 0 Å². The summed E-state index contributed by atoms with van der Waals surface area (Å²) in [4.78, 5) is 24.0. The van der Waals surface area contributed by atoms with Crippen molar-refractivity contribution in [3.05, 3.63) is 29.8 Å². The van der Waals surface area contributed by atoms with E-state index in [1.165, 1.54) is 0 Å². The molecular weight excluding hydrogens is 306 g/mol. The van der Waals surface area contributed by atoms with Gasteiger partial charge in [-0.15, -0.1) is 0 Å². The molecule has 1 amide bonds. The van der Waals surface area contributed by atoms with Crippen LogP contribution in [0.25, 0.3) is 0 Å². The van der Waals surface area contributed by atoms with E-state index in [9.17, 15) is 9.59 Å². The zero-order valence-electron chi connectivity index (χ0n) is 14.5. The molecule has 1 aromatic rings. The summed E-state index contributed by atoms with van der Waals surface area (Å²) in [6, 6.07) is 7.91. The number of fused-ring (bicyclic) bond motifs is 2. The van der Waals surface area contributed by atoms with E-state index in [1.54, 1.807) is 0 Å². The number of hydrogen-bond acceptors (Lipinski definition) is 3. The monoisotopic (exact) mass is 331 g/mol. The second-order valence-corrected chi connectivity index (χ2v) is 7.64. The maximum Gasteiger partial charge on any atom is 0.305 e. The van der Waals surface area contributed by atoms with Crippen LogP contribution < -0.4 is 10.1 Å². The number of aliphatic carboxylic acids is 1. The Balaban J connectivity index is 1.78. The number of ether oxygens (including phenoxy) is 1. The number of rotatable bonds is 5. The van der Waals surface area contributed by atoms with E-state index in [2.05, 4.69) is 5.32 Å². The van der Waals surface area contributed by atoms with E-state index < -0.39 is 11.5 Å². The average molecular weight is 331 g/mol. The number of hydrogen-bond donors (Lipinski definition) is 2. The third kappa shape index (κ3) is 2.76. The van der Waals surface area contributed by atoms with E-state index in [0.29, 0.717) is 6.61 Å². The molecule has 1 unspecified atom stereocenters. The fourth-order valence-electron chi connectivity index (χ4n) is 3.78. The third-order valence-corrected chi connectivity index (χ3v) is 5.82. The Morgan fingerprint density at radius 2 is 2.12 bits per heavy atom. The standard InChI is InChI=1S/C19H25NO4/c1-12(2)18(3,11-16(21)22)20-17(23)14-10-19(14)8-9-24-15-7-5-4-6-13(15)19/h4-7,12,14H,8-11H2,1-3H3,(H,20,23)(H,21,22)/t14-,18?,19-/m0/s1. The smallest absolute Gasteiger partial charge is 0.305 e. The molecule has 24 heavy (non-hydrogen) atoms. The van der Waals surface area contributed by atoms with Crippen LogP contribution in [0.5, 0.6) is 5.75 Å². The van der Waals surface area contributed by atoms with Crippen molar-refractivity contribution in [3.8, 4) is 5.75 Å². The second kappa shape index (κ2) is 5.80. The summed E-state index contributed by atoms with van der Waals surface area (Å²) in [6.45, 7) is 6.32. The van der Waals surface area contributed by atoms with Crippen molar-refractivity contribution in [2.24, 2.45) is 11.8 Å². The number of benzene rings is 1. The van der Waals surface area contributed by atoms with Gasteiger partial charge in [-0.3, -0.25) is 9.59 Å². The first-order valence-corrected chi connectivity index (χ1v) is 8.55. The second-order valence-electron chi connectivity index (χ2n) is 7.64. The van der Waals surface area contributed by atoms with Gasteiger partial charge < -0.3 is 15.2 Å². The highest BCUT2D eigenvalue weighted by atomic mass is 16.5. The lowest BCUT2D eigenvalue weighted by atomic mass is 9.84. The summed E-state index contributed by atoms with van der Waals surface area (Å²) < 4.78 is 5.71. The van der Waals surface area contributed by atoms with E-state index in [-0.39, 0.29) is 29.6 Å². The molecule has 0 aromatic heterocycles. The van der Waals surface area contributed by atoms with Crippen molar-refractivity contribution in [2.75, 3.05) is 6.61 Å². The highest BCUT2D eigenvalue weighted by molar-refractivity contribution is 5.86. The molecule has 2 aliphatic rings. The normalized spacial score (nSPS) is 27.1. The zero-order chi connectivity index (χ0) is 17.5. The number of carboxylic acid groups (broad SMARTS) is 1. The van der Waals surface area contributed by atoms with Gasteiger partial charge in [0.25, 0.3) is 0 Å². The number of carboxylic acids is 1. The summed E-state index contributed by atoms with van der Waals surface area (Å²) in [5.41, 5.74) is 0.234. The van der Waals surface area contributed by atoms with Crippen LogP contribution in [0.2, 0.25) is 0 Å². The van der Waals surface area contributed by atoms with Gasteiger partial charge >= 0.3 is 5.97 Å². The van der Waals surface area contributed by atoms with Gasteiger partial charge in [0.2, 0.25) is 5.91 Å². The zero-order valence-corrected chi connectivity index (χ0v) is 14.5. The molecule has 1 spiro atoms. The van der Waals surface area contributed by atoms with Crippen LogP contribution in [-0.2, 0) is 15.0 Å². The molecule has 0 radical (unpaired) electrons. The maximum atomic E-state index is 12.8. The molecule has 5 nitrogen and oxygen atoms in total. The first-order valence-electron chi connectivity index (χ1n) is 8.55. The Bertz CT molecular complexity index is 671. The number of carbonyl (C=O) groups excluding carboxylic acids is 1. The summed E-state index contributed by atoms with van der Waals surface area (Å²) in [7, 11) is 0. The predicted molar refractivity (Wildman–Crippen MR) is 90.0 cm³/mol. The van der Waals surface area contributed by atoms with E-state index in [1.807, 2.05) is 45.0 Å². The Hall–Kier alpha value is -2.04. The van der Waals surface area contributed by atoms with Gasteiger partial charge in [0, 0.05) is 22.4 Å². The predicted octanol–water partition coefficient (Wildman–Crippen LogP) is 2.73. The SMILES string of the molecule is CC(C)C(C)(CC(=O)O)NC(=O)[C@@H]1C[C@]12CCOc1ccccc12. The van der Waals surface area contributed by atoms with Gasteiger partial charge in [-0.25, -0.2) is 0 Å². The summed E-state index contributed by atoms with van der Waals surface area (Å²) in [5, 5.41) is 12.2. The van der Waals surface area contributed by atoms with E-state index in [0.717, 1.165) is 24.2 Å². The number of nitrogens with one attached hydrogen (secondary N) is 1. The van der Waals surface area contributed by atoms with Gasteiger partial charge in [0.15, 0.2) is 0 Å². The van der Waals surface area contributed by atoms with Crippen LogP contribution >= 0.6 is 0 Å². The van der Waals surface area contributed by atoms with Crippen LogP contribution in [0.4, 0.5) is 0 Å². The molecule has 1 aliphatic heterocycles. The lowest BCUT2D eigenvalue weighted by molar-refractivity contribution is -0.139. The molecule has 3 rings (SSSR count). The molecular formula is C19H25NO4. The van der Waals surface area contributed by atoms with Crippen molar-refractivity contribution in [2.45, 2.75) is 51.0 Å². The quantitative estimate of drug-likeness (QED) is 0.870. The third-order valence-electron chi connectivity index (χ3n) is 5.82. The Kier molecular flexibility index (Phi) is 4.06. The van der Waals surface area contributed by atoms with Gasteiger partial charge in [-0.2, -0.15) is 0 Å². The minimum absolute atomic E-state index is 0.0363. The van der Waals surface area contributed by atoms with Gasteiger partial charge in [0.05, 0.1) is 13.0 Å². The lowest BCUT2D eigenvalue weighted by Crippen LogP contribution is -2.52. The number of para-hydroxylation sites is 1. The Morgan fingerprint density at radius 3 is 2.79 bits per heavy atom. The fourth-order valence-corrected chi connectivity index (χ4v) is 3.78. The van der Waals surface area contributed by atoms with Crippen molar-refractivity contribution >= 4 is 11.9 Å². The van der Waals surface area contributed by atoms with E-state index in [4.69, 9.17) is 9.84 Å². The molecule has 5 heteroatoms. The van der Waals surface area contributed by atoms with Crippen LogP contribution in [-0.4, -0.2) is 29.1 Å². The van der Waals surface area contributed by atoms with Crippen molar-refractivity contribution in [1.29, 1.82) is 0 Å². The topological polar surface area (TPSA) is 75.6 Å². The van der Waals surface area contributed by atoms with Crippen molar-refractivity contribution < 1.29 is 19.4 Å². The van der Waals surface area contributed by atoms with Crippen molar-refractivity contribution in [1.82, 2.24) is 5.32 Å². The molecule has 1 aliphatic carbocycles. The molecule has 1 heterocycles. The molecule has 0 saturated heterocycles. The summed E-state index contributed by atoms with van der Waals surface area (Å²) in [5.74, 6) is -0.127. The van der Waals surface area contributed by atoms with Crippen molar-refractivity contribution in [3.63, 3.8) is 0 Å². The number of carbonyl (C=O) groups is 2. The van der Waals surface area contributed by atoms with Crippen LogP contribution in [0.1, 0.15) is 45.6 Å². The van der Waals surface area contributed by atoms with Gasteiger partial charge in [0.1, 0.15) is 5.75 Å². The first-order chi connectivity index (χ1) is 11.3. The lowest BCUT2D eigenvalue weighted by Gasteiger charge is -2.34. The van der Waals surface area contributed by atoms with Gasteiger partial charge in [-0.1, -0.05) is 32.0 Å². The maximum absolute atomic E-state index is 12.8. The summed E-state index contributed by atoms with van der Waals surface area (Å²) in [6.07, 6.45) is 1.57. The molecule has 130 valence electrons. The highest BCUT2D eigenvalue weighted by Gasteiger charge is 2.61. The first kappa shape index (κ1) is 16.8. The molecule has 1 aromatic carbocycles. The largest absolute Gasteiger partial charge is 0.493 e. The molecule has 1 saturated carbocycles. The molecule has 2 N–H and O–H groups in total.